The number of nitrogens with one attached hydrogen (secondary N) is 1. The summed E-state index contributed by atoms with van der Waals surface area (Å²) in [4.78, 5) is 12.6. The van der Waals surface area contributed by atoms with Crippen LogP contribution in [-0.2, 0) is 32.2 Å². The molecule has 0 radical (unpaired) electrons. The van der Waals surface area contributed by atoms with Gasteiger partial charge in [-0.25, -0.2) is 4.79 Å². The normalized spacial score (nSPS) is 25.7. The molecule has 2 aromatic rings. The summed E-state index contributed by atoms with van der Waals surface area (Å²) >= 11 is 0. The zero-order valence-corrected chi connectivity index (χ0v) is 18.2. The fourth-order valence-corrected chi connectivity index (χ4v) is 4.99. The second kappa shape index (κ2) is 8.88. The van der Waals surface area contributed by atoms with E-state index in [1.54, 1.807) is 0 Å². The van der Waals surface area contributed by atoms with Crippen molar-refractivity contribution in [3.63, 3.8) is 0 Å². The molecule has 0 amide bonds. The van der Waals surface area contributed by atoms with Gasteiger partial charge >= 0.3 is 18.3 Å². The average molecular weight is 487 g/mol. The van der Waals surface area contributed by atoms with Gasteiger partial charge in [-0.05, 0) is 55.0 Å². The Bertz CT molecular complexity index is 1010. The molecule has 2 aliphatic rings. The molecule has 4 atom stereocenters. The topological polar surface area (TPSA) is 47.6 Å². The Kier molecular flexibility index (Phi) is 6.41. The highest BCUT2D eigenvalue weighted by Crippen LogP contribution is 2.46. The quantitative estimate of drug-likeness (QED) is 0.430. The van der Waals surface area contributed by atoms with Gasteiger partial charge in [0.05, 0.1) is 29.9 Å². The number of carbonyl (C=O) groups excluding carboxylic acids is 1. The SMILES string of the molecule is COC(=O)[C@@H](O[C@@H]1CC[C@H]2CC[C@]1(c1ccccc1)N2)c1cc(C(F)(F)F)cc(C(F)(F)F)c1. The molecule has 34 heavy (non-hydrogen) atoms. The maximum absolute atomic E-state index is 13.4. The molecule has 2 aromatic carbocycles. The number of methoxy groups -OCH3 is 1. The van der Waals surface area contributed by atoms with Crippen molar-refractivity contribution >= 4 is 5.97 Å². The molecule has 2 saturated heterocycles. The fraction of sp³-hybridized carbons (Fsp3) is 0.458. The van der Waals surface area contributed by atoms with Gasteiger partial charge in [0.25, 0.3) is 0 Å². The molecule has 0 spiro atoms. The van der Waals surface area contributed by atoms with Crippen molar-refractivity contribution in [3.05, 3.63) is 70.8 Å². The van der Waals surface area contributed by atoms with E-state index in [-0.39, 0.29) is 12.1 Å². The predicted octanol–water partition coefficient (Wildman–Crippen LogP) is 5.76. The number of fused-ring (bicyclic) bond motifs is 2. The van der Waals surface area contributed by atoms with E-state index >= 15 is 0 Å². The van der Waals surface area contributed by atoms with Crippen LogP contribution < -0.4 is 5.32 Å². The Morgan fingerprint density at radius 3 is 2.15 bits per heavy atom. The second-order valence-corrected chi connectivity index (χ2v) is 8.66. The number of ether oxygens (including phenoxy) is 2. The van der Waals surface area contributed by atoms with Crippen LogP contribution in [0.2, 0.25) is 0 Å². The van der Waals surface area contributed by atoms with E-state index in [1.807, 2.05) is 30.3 Å². The maximum atomic E-state index is 13.4. The van der Waals surface area contributed by atoms with Gasteiger partial charge < -0.3 is 14.8 Å². The summed E-state index contributed by atoms with van der Waals surface area (Å²) in [6.45, 7) is 0. The summed E-state index contributed by atoms with van der Waals surface area (Å²) in [5.41, 5.74) is -3.43. The van der Waals surface area contributed by atoms with Crippen molar-refractivity contribution in [2.24, 2.45) is 0 Å². The molecule has 0 aromatic heterocycles. The van der Waals surface area contributed by atoms with Crippen LogP contribution in [0.5, 0.6) is 0 Å². The summed E-state index contributed by atoms with van der Waals surface area (Å²) in [5.74, 6) is -1.07. The van der Waals surface area contributed by atoms with Crippen LogP contribution >= 0.6 is 0 Å². The monoisotopic (exact) mass is 487 g/mol. The summed E-state index contributed by atoms with van der Waals surface area (Å²) in [7, 11) is 1.01. The number of piperidine rings is 1. The predicted molar refractivity (Wildman–Crippen MR) is 110 cm³/mol. The Morgan fingerprint density at radius 2 is 1.59 bits per heavy atom. The lowest BCUT2D eigenvalue weighted by atomic mass is 9.80. The molecule has 4 nitrogen and oxygen atoms in total. The highest BCUT2D eigenvalue weighted by Gasteiger charge is 2.51. The lowest BCUT2D eigenvalue weighted by Gasteiger charge is -2.43. The summed E-state index contributed by atoms with van der Waals surface area (Å²) in [5, 5.41) is 3.52. The zero-order chi connectivity index (χ0) is 24.7. The molecule has 2 fully saturated rings. The average Bonchev–Trinajstić information content (AvgIpc) is 3.16. The zero-order valence-electron chi connectivity index (χ0n) is 18.2. The van der Waals surface area contributed by atoms with Crippen LogP contribution in [0, 0.1) is 0 Å². The first-order chi connectivity index (χ1) is 15.9. The number of halogens is 6. The van der Waals surface area contributed by atoms with E-state index in [2.05, 4.69) is 5.32 Å². The van der Waals surface area contributed by atoms with Crippen LogP contribution in [0.3, 0.4) is 0 Å². The molecule has 2 heterocycles. The van der Waals surface area contributed by atoms with Crippen LogP contribution in [0.4, 0.5) is 26.3 Å². The number of benzene rings is 2. The second-order valence-electron chi connectivity index (χ2n) is 8.66. The van der Waals surface area contributed by atoms with Crippen LogP contribution in [0.15, 0.2) is 48.5 Å². The third-order valence-electron chi connectivity index (χ3n) is 6.59. The fourth-order valence-electron chi connectivity index (χ4n) is 4.99. The lowest BCUT2D eigenvalue weighted by molar-refractivity contribution is -0.165. The number of alkyl halides is 6. The van der Waals surface area contributed by atoms with Crippen molar-refractivity contribution in [3.8, 4) is 0 Å². The van der Waals surface area contributed by atoms with Crippen LogP contribution in [0.1, 0.15) is 54.0 Å². The Balaban J connectivity index is 1.77. The Hall–Kier alpha value is -2.59. The highest BCUT2D eigenvalue weighted by molar-refractivity contribution is 5.76. The van der Waals surface area contributed by atoms with Gasteiger partial charge in [-0.15, -0.1) is 0 Å². The van der Waals surface area contributed by atoms with Gasteiger partial charge in [0, 0.05) is 6.04 Å². The van der Waals surface area contributed by atoms with Crippen LogP contribution in [0.25, 0.3) is 0 Å². The van der Waals surface area contributed by atoms with E-state index in [1.165, 1.54) is 0 Å². The number of rotatable bonds is 5. The molecular formula is C24H23F6NO3. The summed E-state index contributed by atoms with van der Waals surface area (Å²) < 4.78 is 91.3. The van der Waals surface area contributed by atoms with Crippen molar-refractivity contribution in [2.45, 2.75) is 61.8 Å². The van der Waals surface area contributed by atoms with Gasteiger partial charge in [-0.2, -0.15) is 26.3 Å². The number of carbonyl (C=O) groups is 1. The first-order valence-electron chi connectivity index (χ1n) is 10.8. The highest BCUT2D eigenvalue weighted by atomic mass is 19.4. The lowest BCUT2D eigenvalue weighted by Crippen LogP contribution is -2.55. The third-order valence-corrected chi connectivity index (χ3v) is 6.59. The van der Waals surface area contributed by atoms with Crippen molar-refractivity contribution < 1.29 is 40.6 Å². The molecule has 1 N–H and O–H groups in total. The van der Waals surface area contributed by atoms with Crippen LogP contribution in [-0.4, -0.2) is 25.2 Å². The van der Waals surface area contributed by atoms with Crippen molar-refractivity contribution in [2.75, 3.05) is 7.11 Å². The molecule has 184 valence electrons. The number of hydrogen-bond donors (Lipinski definition) is 1. The molecular weight excluding hydrogens is 464 g/mol. The minimum atomic E-state index is -5.05. The first-order valence-corrected chi connectivity index (χ1v) is 10.8. The molecule has 10 heteroatoms. The van der Waals surface area contributed by atoms with E-state index in [0.29, 0.717) is 31.4 Å². The number of hydrogen-bond acceptors (Lipinski definition) is 4. The summed E-state index contributed by atoms with van der Waals surface area (Å²) in [6.07, 6.45) is -9.88. The van der Waals surface area contributed by atoms with Crippen molar-refractivity contribution in [1.82, 2.24) is 5.32 Å². The van der Waals surface area contributed by atoms with Gasteiger partial charge in [-0.1, -0.05) is 30.3 Å². The summed E-state index contributed by atoms with van der Waals surface area (Å²) in [6, 6.07) is 10.5. The maximum Gasteiger partial charge on any atom is 0.416 e. The third kappa shape index (κ3) is 4.65. The van der Waals surface area contributed by atoms with Crippen molar-refractivity contribution in [1.29, 1.82) is 0 Å². The largest absolute Gasteiger partial charge is 0.467 e. The molecule has 2 bridgehead atoms. The van der Waals surface area contributed by atoms with E-state index in [0.717, 1.165) is 19.1 Å². The Labute approximate surface area is 192 Å². The van der Waals surface area contributed by atoms with Gasteiger partial charge in [0.15, 0.2) is 6.10 Å². The van der Waals surface area contributed by atoms with Gasteiger partial charge in [0.1, 0.15) is 0 Å². The molecule has 2 aliphatic heterocycles. The first kappa shape index (κ1) is 24.5. The minimum absolute atomic E-state index is 0.0209. The molecule has 4 rings (SSSR count). The molecule has 0 saturated carbocycles. The molecule has 0 unspecified atom stereocenters. The van der Waals surface area contributed by atoms with E-state index in [4.69, 9.17) is 9.47 Å². The standard InChI is InChI=1S/C24H23F6NO3/c1-33-21(32)20(14-11-16(23(25,26)27)13-17(12-14)24(28,29)30)34-19-8-7-18-9-10-22(19,31-18)15-5-3-2-4-6-15/h2-6,11-13,18-20,31H,7-10H2,1H3/t18-,19+,20-,22+/m0/s1. The van der Waals surface area contributed by atoms with Gasteiger partial charge in [0.2, 0.25) is 0 Å². The molecule has 0 aliphatic carbocycles. The van der Waals surface area contributed by atoms with E-state index in [9.17, 15) is 31.1 Å². The number of esters is 1. The Morgan fingerprint density at radius 1 is 0.971 bits per heavy atom. The minimum Gasteiger partial charge on any atom is -0.467 e. The smallest absolute Gasteiger partial charge is 0.416 e. The van der Waals surface area contributed by atoms with E-state index < -0.39 is 52.8 Å². The van der Waals surface area contributed by atoms with Gasteiger partial charge in [-0.3, -0.25) is 0 Å².